The Morgan fingerprint density at radius 1 is 1.17 bits per heavy atom. The molecular formula is C17H23N3OS3. The lowest BCUT2D eigenvalue weighted by Crippen LogP contribution is -2.19. The highest BCUT2D eigenvalue weighted by Crippen LogP contribution is 2.35. The van der Waals surface area contributed by atoms with E-state index in [1.54, 1.807) is 23.5 Å². The summed E-state index contributed by atoms with van der Waals surface area (Å²) in [5.41, 5.74) is 0.727. The maximum atomic E-state index is 12.8. The number of carbonyl (C=O) groups is 1. The summed E-state index contributed by atoms with van der Waals surface area (Å²) in [6.45, 7) is 6.50. The first kappa shape index (κ1) is 19.3. The first-order valence-corrected chi connectivity index (χ1v) is 11.1. The van der Waals surface area contributed by atoms with E-state index in [1.165, 1.54) is 11.3 Å². The molecule has 1 aromatic carbocycles. The minimum atomic E-state index is -0.123. The average molecular weight is 382 g/mol. The van der Waals surface area contributed by atoms with Crippen LogP contribution in [0.3, 0.4) is 0 Å². The van der Waals surface area contributed by atoms with E-state index in [0.717, 1.165) is 27.6 Å². The standard InChI is InChI=1S/C17H23N3OS3/c1-6-17(3,7-2)15-19-20-16(24-15)18-14(21)13-11(22-4)9-8-10-12(13)23-5/h8-10H,6-7H2,1-5H3,(H,18,20,21). The lowest BCUT2D eigenvalue weighted by molar-refractivity contribution is 0.102. The molecule has 24 heavy (non-hydrogen) atoms. The lowest BCUT2D eigenvalue weighted by atomic mass is 9.86. The van der Waals surface area contributed by atoms with Crippen molar-refractivity contribution >= 4 is 45.9 Å². The van der Waals surface area contributed by atoms with Gasteiger partial charge in [0.1, 0.15) is 5.01 Å². The van der Waals surface area contributed by atoms with E-state index in [-0.39, 0.29) is 11.3 Å². The molecule has 4 nitrogen and oxygen atoms in total. The summed E-state index contributed by atoms with van der Waals surface area (Å²) < 4.78 is 0. The van der Waals surface area contributed by atoms with Gasteiger partial charge >= 0.3 is 0 Å². The van der Waals surface area contributed by atoms with Gasteiger partial charge in [0, 0.05) is 15.2 Å². The Morgan fingerprint density at radius 3 is 2.25 bits per heavy atom. The number of hydrogen-bond acceptors (Lipinski definition) is 6. The first-order chi connectivity index (χ1) is 11.5. The zero-order chi connectivity index (χ0) is 17.7. The molecule has 2 aromatic rings. The van der Waals surface area contributed by atoms with Gasteiger partial charge < -0.3 is 0 Å². The fraction of sp³-hybridized carbons (Fsp3) is 0.471. The molecule has 0 spiro atoms. The third-order valence-corrected chi connectivity index (χ3v) is 7.08. The number of aromatic nitrogens is 2. The Labute approximate surface area is 156 Å². The third-order valence-electron chi connectivity index (χ3n) is 4.38. The second-order valence-corrected chi connectivity index (χ2v) is 8.35. The van der Waals surface area contributed by atoms with Crippen LogP contribution in [0.15, 0.2) is 28.0 Å². The van der Waals surface area contributed by atoms with Gasteiger partial charge in [-0.15, -0.1) is 33.7 Å². The molecule has 130 valence electrons. The second kappa shape index (κ2) is 8.36. The van der Waals surface area contributed by atoms with Gasteiger partial charge in [0.25, 0.3) is 5.91 Å². The molecule has 7 heteroatoms. The Balaban J connectivity index is 2.27. The number of thioether (sulfide) groups is 2. The van der Waals surface area contributed by atoms with Crippen LogP contribution >= 0.6 is 34.9 Å². The monoisotopic (exact) mass is 381 g/mol. The normalized spacial score (nSPS) is 11.5. The van der Waals surface area contributed by atoms with Crippen LogP contribution in [0.5, 0.6) is 0 Å². The number of amides is 1. The molecule has 0 saturated heterocycles. The Morgan fingerprint density at radius 2 is 1.75 bits per heavy atom. The maximum Gasteiger partial charge on any atom is 0.259 e. The summed E-state index contributed by atoms with van der Waals surface area (Å²) in [5, 5.41) is 12.9. The molecule has 0 saturated carbocycles. The highest BCUT2D eigenvalue weighted by Gasteiger charge is 2.27. The van der Waals surface area contributed by atoms with E-state index in [0.29, 0.717) is 10.7 Å². The Bertz CT molecular complexity index is 689. The highest BCUT2D eigenvalue weighted by atomic mass is 32.2. The summed E-state index contributed by atoms with van der Waals surface area (Å²) in [4.78, 5) is 14.7. The number of nitrogens with one attached hydrogen (secondary N) is 1. The van der Waals surface area contributed by atoms with Crippen molar-refractivity contribution in [3.8, 4) is 0 Å². The van der Waals surface area contributed by atoms with Crippen molar-refractivity contribution in [2.24, 2.45) is 0 Å². The number of benzene rings is 1. The van der Waals surface area contributed by atoms with Crippen molar-refractivity contribution in [3.05, 3.63) is 28.8 Å². The zero-order valence-electron chi connectivity index (χ0n) is 14.7. The number of hydrogen-bond donors (Lipinski definition) is 1. The van der Waals surface area contributed by atoms with Crippen molar-refractivity contribution in [2.75, 3.05) is 17.8 Å². The molecule has 2 rings (SSSR count). The van der Waals surface area contributed by atoms with Gasteiger partial charge in [0.2, 0.25) is 5.13 Å². The molecule has 1 N–H and O–H groups in total. The van der Waals surface area contributed by atoms with Gasteiger partial charge in [-0.1, -0.05) is 38.2 Å². The van der Waals surface area contributed by atoms with Crippen LogP contribution in [-0.2, 0) is 5.41 Å². The van der Waals surface area contributed by atoms with Crippen LogP contribution in [0.2, 0.25) is 0 Å². The fourth-order valence-corrected chi connectivity index (χ4v) is 4.64. The van der Waals surface area contributed by atoms with Gasteiger partial charge in [-0.2, -0.15) is 0 Å². The Hall–Kier alpha value is -1.05. The van der Waals surface area contributed by atoms with E-state index in [4.69, 9.17) is 0 Å². The van der Waals surface area contributed by atoms with Gasteiger partial charge in [0.15, 0.2) is 0 Å². The summed E-state index contributed by atoms with van der Waals surface area (Å²) in [6.07, 6.45) is 5.95. The molecule has 0 bridgehead atoms. The largest absolute Gasteiger partial charge is 0.296 e. The van der Waals surface area contributed by atoms with E-state index < -0.39 is 0 Å². The van der Waals surface area contributed by atoms with Crippen LogP contribution in [0, 0.1) is 0 Å². The summed E-state index contributed by atoms with van der Waals surface area (Å²) in [7, 11) is 0. The molecule has 0 fully saturated rings. The number of nitrogens with zero attached hydrogens (tertiary/aromatic N) is 2. The molecule has 0 aliphatic carbocycles. The maximum absolute atomic E-state index is 12.8. The quantitative estimate of drug-likeness (QED) is 0.659. The van der Waals surface area contributed by atoms with E-state index in [1.807, 2.05) is 30.7 Å². The number of rotatable bonds is 7. The molecule has 0 unspecified atom stereocenters. The summed E-state index contributed by atoms with van der Waals surface area (Å²) >= 11 is 4.62. The Kier molecular flexibility index (Phi) is 6.71. The van der Waals surface area contributed by atoms with Crippen LogP contribution in [0.25, 0.3) is 0 Å². The minimum absolute atomic E-state index is 0.0161. The van der Waals surface area contributed by atoms with Crippen LogP contribution in [0.1, 0.15) is 49.0 Å². The van der Waals surface area contributed by atoms with Gasteiger partial charge in [0.05, 0.1) is 5.56 Å². The molecule has 1 amide bonds. The van der Waals surface area contributed by atoms with Crippen molar-refractivity contribution in [1.82, 2.24) is 10.2 Å². The van der Waals surface area contributed by atoms with Crippen molar-refractivity contribution in [1.29, 1.82) is 0 Å². The average Bonchev–Trinajstić information content (AvgIpc) is 3.09. The van der Waals surface area contributed by atoms with Crippen molar-refractivity contribution in [3.63, 3.8) is 0 Å². The fourth-order valence-electron chi connectivity index (χ4n) is 2.30. The third kappa shape index (κ3) is 3.95. The number of anilines is 1. The van der Waals surface area contributed by atoms with Gasteiger partial charge in [-0.05, 0) is 37.5 Å². The molecule has 1 heterocycles. The minimum Gasteiger partial charge on any atom is -0.296 e. The molecule has 0 atom stereocenters. The van der Waals surface area contributed by atoms with Crippen molar-refractivity contribution in [2.45, 2.75) is 48.8 Å². The smallest absolute Gasteiger partial charge is 0.259 e. The van der Waals surface area contributed by atoms with Gasteiger partial charge in [-0.3, -0.25) is 10.1 Å². The van der Waals surface area contributed by atoms with Gasteiger partial charge in [-0.25, -0.2) is 0 Å². The topological polar surface area (TPSA) is 54.9 Å². The second-order valence-electron chi connectivity index (χ2n) is 5.67. The summed E-state index contributed by atoms with van der Waals surface area (Å²) in [5.74, 6) is -0.123. The van der Waals surface area contributed by atoms with Crippen LogP contribution < -0.4 is 5.32 Å². The van der Waals surface area contributed by atoms with E-state index >= 15 is 0 Å². The van der Waals surface area contributed by atoms with E-state index in [2.05, 4.69) is 36.3 Å². The highest BCUT2D eigenvalue weighted by molar-refractivity contribution is 7.99. The number of carbonyl (C=O) groups excluding carboxylic acids is 1. The molecule has 0 aliphatic heterocycles. The molecule has 1 aromatic heterocycles. The van der Waals surface area contributed by atoms with Crippen molar-refractivity contribution < 1.29 is 4.79 Å². The van der Waals surface area contributed by atoms with E-state index in [9.17, 15) is 4.79 Å². The molecular weight excluding hydrogens is 358 g/mol. The lowest BCUT2D eigenvalue weighted by Gasteiger charge is -2.22. The zero-order valence-corrected chi connectivity index (χ0v) is 17.1. The van der Waals surface area contributed by atoms with Crippen LogP contribution in [0.4, 0.5) is 5.13 Å². The van der Waals surface area contributed by atoms with Crippen LogP contribution in [-0.4, -0.2) is 28.6 Å². The predicted octanol–water partition coefficient (Wildman–Crippen LogP) is 5.31. The molecule has 0 radical (unpaired) electrons. The SMILES string of the molecule is CCC(C)(CC)c1nnc(NC(=O)c2c(SC)cccc2SC)s1. The summed E-state index contributed by atoms with van der Waals surface area (Å²) in [6, 6.07) is 5.91. The first-order valence-electron chi connectivity index (χ1n) is 7.85. The molecule has 0 aliphatic rings. The predicted molar refractivity (Wildman–Crippen MR) is 106 cm³/mol.